The van der Waals surface area contributed by atoms with Gasteiger partial charge in [0.2, 0.25) is 5.43 Å². The van der Waals surface area contributed by atoms with Gasteiger partial charge in [0, 0.05) is 18.6 Å². The Hall–Kier alpha value is -1.35. The maximum absolute atomic E-state index is 11.5. The molecule has 0 amide bonds. The van der Waals surface area contributed by atoms with Crippen molar-refractivity contribution in [3.63, 3.8) is 0 Å². The van der Waals surface area contributed by atoms with Crippen molar-refractivity contribution in [2.45, 2.75) is 6.92 Å². The average Bonchev–Trinajstić information content (AvgIpc) is 2.12. The maximum atomic E-state index is 11.5. The van der Waals surface area contributed by atoms with E-state index in [9.17, 15) is 4.79 Å². The van der Waals surface area contributed by atoms with Crippen molar-refractivity contribution < 1.29 is 0 Å². The van der Waals surface area contributed by atoms with E-state index < -0.39 is 0 Å². The van der Waals surface area contributed by atoms with Gasteiger partial charge in [0.05, 0.1) is 10.9 Å². The van der Waals surface area contributed by atoms with Gasteiger partial charge >= 0.3 is 0 Å². The first-order valence-electron chi connectivity index (χ1n) is 3.81. The van der Waals surface area contributed by atoms with Crippen molar-refractivity contribution in [1.82, 2.24) is 9.97 Å². The number of nitrogens with zero attached hydrogens (tertiary/aromatic N) is 1. The van der Waals surface area contributed by atoms with E-state index in [0.717, 1.165) is 11.1 Å². The number of aromatic amines is 1. The fourth-order valence-corrected chi connectivity index (χ4v) is 1.41. The summed E-state index contributed by atoms with van der Waals surface area (Å²) in [5.74, 6) is 0. The number of hydrogen-bond donors (Lipinski definition) is 1. The Morgan fingerprint density at radius 2 is 2.23 bits per heavy atom. The fourth-order valence-electron chi connectivity index (χ4n) is 1.26. The van der Waals surface area contributed by atoms with Crippen molar-refractivity contribution in [3.8, 4) is 0 Å². The lowest BCUT2D eigenvalue weighted by Crippen LogP contribution is -2.04. The molecule has 0 aliphatic carbocycles. The van der Waals surface area contributed by atoms with Crippen molar-refractivity contribution >= 4 is 22.5 Å². The molecule has 66 valence electrons. The van der Waals surface area contributed by atoms with Gasteiger partial charge in [-0.3, -0.25) is 9.78 Å². The van der Waals surface area contributed by atoms with Gasteiger partial charge in [-0.2, -0.15) is 0 Å². The van der Waals surface area contributed by atoms with Crippen LogP contribution in [0.15, 0.2) is 23.4 Å². The van der Waals surface area contributed by atoms with Crippen molar-refractivity contribution in [2.75, 3.05) is 0 Å². The number of aryl methyl sites for hydroxylation is 1. The predicted octanol–water partition coefficient (Wildman–Crippen LogP) is 1.88. The van der Waals surface area contributed by atoms with Crippen LogP contribution in [-0.4, -0.2) is 9.97 Å². The SMILES string of the molecule is Cc1cncc2c(=O)c(Cl)c[nH]c12. The highest BCUT2D eigenvalue weighted by atomic mass is 35.5. The van der Waals surface area contributed by atoms with E-state index in [1.165, 1.54) is 12.4 Å². The molecular formula is C9H7ClN2O. The molecule has 1 N–H and O–H groups in total. The molecule has 0 aromatic carbocycles. The van der Waals surface area contributed by atoms with E-state index >= 15 is 0 Å². The first kappa shape index (κ1) is 8.26. The van der Waals surface area contributed by atoms with Crippen molar-refractivity contribution in [2.24, 2.45) is 0 Å². The van der Waals surface area contributed by atoms with Crippen LogP contribution in [-0.2, 0) is 0 Å². The summed E-state index contributed by atoms with van der Waals surface area (Å²) >= 11 is 5.67. The smallest absolute Gasteiger partial charge is 0.209 e. The first-order valence-corrected chi connectivity index (χ1v) is 4.19. The molecule has 2 aromatic heterocycles. The van der Waals surface area contributed by atoms with Gasteiger partial charge in [0.25, 0.3) is 0 Å². The Morgan fingerprint density at radius 3 is 3.00 bits per heavy atom. The van der Waals surface area contributed by atoms with E-state index in [0.29, 0.717) is 5.39 Å². The molecule has 0 unspecified atom stereocenters. The molecule has 0 aliphatic heterocycles. The number of fused-ring (bicyclic) bond motifs is 1. The monoisotopic (exact) mass is 194 g/mol. The molecule has 0 bridgehead atoms. The molecule has 4 heteroatoms. The zero-order chi connectivity index (χ0) is 9.42. The molecular weight excluding hydrogens is 188 g/mol. The normalized spacial score (nSPS) is 10.6. The quantitative estimate of drug-likeness (QED) is 0.696. The molecule has 0 aliphatic rings. The largest absolute Gasteiger partial charge is 0.359 e. The minimum absolute atomic E-state index is 0.174. The molecule has 0 radical (unpaired) electrons. The van der Waals surface area contributed by atoms with Crippen LogP contribution in [0.25, 0.3) is 10.9 Å². The summed E-state index contributed by atoms with van der Waals surface area (Å²) in [4.78, 5) is 18.4. The van der Waals surface area contributed by atoms with Gasteiger partial charge in [-0.15, -0.1) is 0 Å². The Kier molecular flexibility index (Phi) is 1.81. The Bertz CT molecular complexity index is 518. The van der Waals surface area contributed by atoms with E-state index in [2.05, 4.69) is 9.97 Å². The van der Waals surface area contributed by atoms with Crippen LogP contribution in [0.2, 0.25) is 5.02 Å². The molecule has 0 saturated heterocycles. The number of rotatable bonds is 0. The molecule has 2 aromatic rings. The number of aromatic nitrogens is 2. The van der Waals surface area contributed by atoms with Crippen LogP contribution in [0.4, 0.5) is 0 Å². The first-order chi connectivity index (χ1) is 6.20. The zero-order valence-corrected chi connectivity index (χ0v) is 7.72. The van der Waals surface area contributed by atoms with Crippen molar-refractivity contribution in [3.05, 3.63) is 39.4 Å². The van der Waals surface area contributed by atoms with Gasteiger partial charge in [0.1, 0.15) is 5.02 Å². The average molecular weight is 195 g/mol. The third kappa shape index (κ3) is 1.21. The summed E-state index contributed by atoms with van der Waals surface area (Å²) in [6.07, 6.45) is 4.72. The minimum Gasteiger partial charge on any atom is -0.359 e. The standard InChI is InChI=1S/C9H7ClN2O/c1-5-2-11-3-6-8(5)12-4-7(10)9(6)13/h2-4H,1H3,(H,12,13). The van der Waals surface area contributed by atoms with E-state index in [-0.39, 0.29) is 10.5 Å². The maximum Gasteiger partial charge on any atom is 0.209 e. The highest BCUT2D eigenvalue weighted by Gasteiger charge is 2.04. The van der Waals surface area contributed by atoms with Crippen LogP contribution in [0.5, 0.6) is 0 Å². The summed E-state index contributed by atoms with van der Waals surface area (Å²) in [7, 11) is 0. The molecule has 0 saturated carbocycles. The highest BCUT2D eigenvalue weighted by Crippen LogP contribution is 2.12. The second kappa shape index (κ2) is 2.85. The molecule has 0 fully saturated rings. The second-order valence-electron chi connectivity index (χ2n) is 2.84. The lowest BCUT2D eigenvalue weighted by atomic mass is 10.2. The number of H-pyrrole nitrogens is 1. The van der Waals surface area contributed by atoms with Crippen LogP contribution in [0.1, 0.15) is 5.56 Å². The summed E-state index contributed by atoms with van der Waals surface area (Å²) in [6.45, 7) is 1.89. The van der Waals surface area contributed by atoms with Crippen molar-refractivity contribution in [1.29, 1.82) is 0 Å². The third-order valence-corrected chi connectivity index (χ3v) is 2.22. The molecule has 0 atom stereocenters. The minimum atomic E-state index is -0.174. The van der Waals surface area contributed by atoms with Crippen LogP contribution < -0.4 is 5.43 Å². The fraction of sp³-hybridized carbons (Fsp3) is 0.111. The molecule has 13 heavy (non-hydrogen) atoms. The van der Waals surface area contributed by atoms with E-state index in [1.807, 2.05) is 6.92 Å². The molecule has 2 rings (SSSR count). The van der Waals surface area contributed by atoms with Gasteiger partial charge < -0.3 is 4.98 Å². The zero-order valence-electron chi connectivity index (χ0n) is 6.97. The summed E-state index contributed by atoms with van der Waals surface area (Å²) < 4.78 is 0. The third-order valence-electron chi connectivity index (χ3n) is 1.94. The summed E-state index contributed by atoms with van der Waals surface area (Å²) in [5.41, 5.74) is 1.56. The molecule has 2 heterocycles. The second-order valence-corrected chi connectivity index (χ2v) is 3.25. The van der Waals surface area contributed by atoms with Crippen LogP contribution >= 0.6 is 11.6 Å². The van der Waals surface area contributed by atoms with E-state index in [1.54, 1.807) is 6.20 Å². The summed E-state index contributed by atoms with van der Waals surface area (Å²) in [6, 6.07) is 0. The van der Waals surface area contributed by atoms with Crippen LogP contribution in [0, 0.1) is 6.92 Å². The number of pyridine rings is 2. The molecule has 3 nitrogen and oxygen atoms in total. The Balaban J connectivity index is 3.03. The number of halogens is 1. The topological polar surface area (TPSA) is 45.8 Å². The molecule has 0 spiro atoms. The van der Waals surface area contributed by atoms with Gasteiger partial charge in [0.15, 0.2) is 0 Å². The van der Waals surface area contributed by atoms with E-state index in [4.69, 9.17) is 11.6 Å². The van der Waals surface area contributed by atoms with Crippen LogP contribution in [0.3, 0.4) is 0 Å². The number of hydrogen-bond acceptors (Lipinski definition) is 2. The van der Waals surface area contributed by atoms with Gasteiger partial charge in [-0.25, -0.2) is 0 Å². The Morgan fingerprint density at radius 1 is 1.46 bits per heavy atom. The lowest BCUT2D eigenvalue weighted by Gasteiger charge is -2.00. The highest BCUT2D eigenvalue weighted by molar-refractivity contribution is 6.31. The van der Waals surface area contributed by atoms with Gasteiger partial charge in [-0.05, 0) is 12.5 Å². The lowest BCUT2D eigenvalue weighted by molar-refractivity contribution is 1.26. The predicted molar refractivity (Wildman–Crippen MR) is 52.1 cm³/mol. The van der Waals surface area contributed by atoms with Gasteiger partial charge in [-0.1, -0.05) is 11.6 Å². The Labute approximate surface area is 79.4 Å². The number of nitrogens with one attached hydrogen (secondary N) is 1. The summed E-state index contributed by atoms with van der Waals surface area (Å²) in [5, 5.41) is 0.729.